The maximum Gasteiger partial charge on any atom is 0.119 e. The van der Waals surface area contributed by atoms with Crippen LogP contribution in [0.5, 0.6) is 0 Å². The van der Waals surface area contributed by atoms with Gasteiger partial charge in [0, 0.05) is 19.1 Å². The number of ether oxygens (including phenoxy) is 2. The Balaban J connectivity index is 1.63. The SMILES string of the molecule is CC(C)=CCCC(C)CCOC1CC1(C)CCCC(C)CCOC(C)(N)C1C(O)[C@@H](C)CC[C@@H]1C(C)C. The van der Waals surface area contributed by atoms with Gasteiger partial charge in [-0.1, -0.05) is 66.0 Å². The van der Waals surface area contributed by atoms with Crippen molar-refractivity contribution in [2.45, 2.75) is 144 Å². The number of nitrogens with two attached hydrogens (primary N) is 1. The Bertz CT molecular complexity index is 685. The Labute approximate surface area is 230 Å². The van der Waals surface area contributed by atoms with E-state index in [2.05, 4.69) is 61.5 Å². The molecule has 4 heteroatoms. The van der Waals surface area contributed by atoms with Crippen LogP contribution in [-0.4, -0.2) is 36.3 Å². The minimum atomic E-state index is -0.780. The fraction of sp³-hybridized carbons (Fsp3) is 0.939. The summed E-state index contributed by atoms with van der Waals surface area (Å²) in [6, 6.07) is 0. The van der Waals surface area contributed by atoms with Crippen LogP contribution in [0.25, 0.3) is 0 Å². The Kier molecular flexibility index (Phi) is 13.1. The molecule has 0 saturated heterocycles. The molecule has 0 spiro atoms. The molecule has 2 saturated carbocycles. The first-order chi connectivity index (χ1) is 17.3. The molecule has 0 aliphatic heterocycles. The first kappa shape index (κ1) is 32.8. The molecule has 2 rings (SSSR count). The quantitative estimate of drug-likeness (QED) is 0.150. The van der Waals surface area contributed by atoms with E-state index < -0.39 is 5.72 Å². The molecule has 0 radical (unpaired) electrons. The van der Waals surface area contributed by atoms with Crippen LogP contribution in [0.1, 0.15) is 127 Å². The third kappa shape index (κ3) is 10.6. The lowest BCUT2D eigenvalue weighted by Crippen LogP contribution is -2.58. The van der Waals surface area contributed by atoms with Crippen LogP contribution in [0.15, 0.2) is 11.6 Å². The third-order valence-corrected chi connectivity index (χ3v) is 9.76. The number of rotatable bonds is 17. The highest BCUT2D eigenvalue weighted by atomic mass is 16.5. The summed E-state index contributed by atoms with van der Waals surface area (Å²) in [7, 11) is 0. The van der Waals surface area contributed by atoms with Crippen LogP contribution in [0.4, 0.5) is 0 Å². The van der Waals surface area contributed by atoms with Crippen molar-refractivity contribution in [2.24, 2.45) is 46.7 Å². The van der Waals surface area contributed by atoms with Gasteiger partial charge in [0.15, 0.2) is 0 Å². The van der Waals surface area contributed by atoms with E-state index in [0.717, 1.165) is 31.8 Å². The van der Waals surface area contributed by atoms with Gasteiger partial charge >= 0.3 is 0 Å². The number of hydrogen-bond acceptors (Lipinski definition) is 4. The Hall–Kier alpha value is -0.420. The molecule has 2 aliphatic carbocycles. The molecule has 7 unspecified atom stereocenters. The molecule has 0 aromatic carbocycles. The van der Waals surface area contributed by atoms with Crippen molar-refractivity contribution in [3.05, 3.63) is 11.6 Å². The van der Waals surface area contributed by atoms with Gasteiger partial charge in [-0.3, -0.25) is 0 Å². The van der Waals surface area contributed by atoms with Gasteiger partial charge in [0.25, 0.3) is 0 Å². The van der Waals surface area contributed by atoms with Gasteiger partial charge in [-0.15, -0.1) is 0 Å². The van der Waals surface area contributed by atoms with Gasteiger partial charge < -0.3 is 20.3 Å². The smallest absolute Gasteiger partial charge is 0.119 e. The number of allylic oxidation sites excluding steroid dienone is 2. The lowest BCUT2D eigenvalue weighted by Gasteiger charge is -2.48. The Morgan fingerprint density at radius 1 is 1.05 bits per heavy atom. The topological polar surface area (TPSA) is 64.7 Å². The maximum absolute atomic E-state index is 11.0. The summed E-state index contributed by atoms with van der Waals surface area (Å²) in [4.78, 5) is 0. The summed E-state index contributed by atoms with van der Waals surface area (Å²) in [5, 5.41) is 11.0. The van der Waals surface area contributed by atoms with Crippen molar-refractivity contribution in [1.29, 1.82) is 0 Å². The van der Waals surface area contributed by atoms with E-state index >= 15 is 0 Å². The number of aliphatic hydroxyl groups is 1. The highest BCUT2D eigenvalue weighted by Gasteiger charge is 2.50. The summed E-state index contributed by atoms with van der Waals surface area (Å²) >= 11 is 0. The molecule has 0 amide bonds. The van der Waals surface area contributed by atoms with Crippen molar-refractivity contribution in [3.8, 4) is 0 Å². The van der Waals surface area contributed by atoms with Crippen molar-refractivity contribution in [3.63, 3.8) is 0 Å². The molecular weight excluding hydrogens is 458 g/mol. The van der Waals surface area contributed by atoms with Gasteiger partial charge in [0.1, 0.15) is 5.72 Å². The van der Waals surface area contributed by atoms with Crippen LogP contribution in [0, 0.1) is 40.9 Å². The van der Waals surface area contributed by atoms with Crippen molar-refractivity contribution in [2.75, 3.05) is 13.2 Å². The second-order valence-corrected chi connectivity index (χ2v) is 14.3. The van der Waals surface area contributed by atoms with Crippen LogP contribution in [0.2, 0.25) is 0 Å². The van der Waals surface area contributed by atoms with E-state index in [1.807, 2.05) is 6.92 Å². The molecule has 2 fully saturated rings. The molecule has 0 aromatic rings. The number of aliphatic hydroxyl groups excluding tert-OH is 1. The average molecular weight is 522 g/mol. The normalized spacial score (nSPS) is 33.1. The van der Waals surface area contributed by atoms with Gasteiger partial charge in [0.05, 0.1) is 12.2 Å². The standard InChI is InChI=1S/C33H63NO3/c1-23(2)12-10-13-25(5)17-20-36-29-22-32(29,8)19-11-14-26(6)18-21-37-33(9,34)30-28(24(3)4)16-15-27(7)31(30)35/h12,24-31,35H,10-11,13-22,34H2,1-9H3/t25?,26?,27-,28+,29?,30?,31?,32?,33?/m0/s1. The monoisotopic (exact) mass is 521 g/mol. The minimum Gasteiger partial charge on any atom is -0.392 e. The molecule has 0 heterocycles. The minimum absolute atomic E-state index is 0.00123. The first-order valence-electron chi connectivity index (χ1n) is 15.6. The second kappa shape index (κ2) is 14.8. The molecule has 37 heavy (non-hydrogen) atoms. The molecule has 4 nitrogen and oxygen atoms in total. The Morgan fingerprint density at radius 3 is 2.35 bits per heavy atom. The van der Waals surface area contributed by atoms with Crippen LogP contribution >= 0.6 is 0 Å². The van der Waals surface area contributed by atoms with Crippen LogP contribution in [-0.2, 0) is 9.47 Å². The lowest BCUT2D eigenvalue weighted by atomic mass is 9.65. The highest BCUT2D eigenvalue weighted by molar-refractivity contribution is 5.00. The summed E-state index contributed by atoms with van der Waals surface area (Å²) < 4.78 is 12.6. The summed E-state index contributed by atoms with van der Waals surface area (Å²) in [5.41, 5.74) is 7.76. The zero-order valence-corrected chi connectivity index (χ0v) is 26.0. The van der Waals surface area contributed by atoms with Gasteiger partial charge in [-0.05, 0) is 107 Å². The largest absolute Gasteiger partial charge is 0.392 e. The average Bonchev–Trinajstić information content (AvgIpc) is 3.43. The van der Waals surface area contributed by atoms with Gasteiger partial charge in [0.2, 0.25) is 0 Å². The van der Waals surface area contributed by atoms with Crippen molar-refractivity contribution < 1.29 is 14.6 Å². The highest BCUT2D eigenvalue weighted by Crippen LogP contribution is 2.52. The van der Waals surface area contributed by atoms with Crippen LogP contribution in [0.3, 0.4) is 0 Å². The summed E-state index contributed by atoms with van der Waals surface area (Å²) in [6.07, 6.45) is 14.3. The van der Waals surface area contributed by atoms with Crippen LogP contribution < -0.4 is 5.73 Å². The second-order valence-electron chi connectivity index (χ2n) is 14.3. The predicted molar refractivity (Wildman–Crippen MR) is 157 cm³/mol. The molecule has 0 bridgehead atoms. The van der Waals surface area contributed by atoms with E-state index in [-0.39, 0.29) is 17.9 Å². The number of hydrogen-bond donors (Lipinski definition) is 2. The molecule has 218 valence electrons. The van der Waals surface area contributed by atoms with E-state index in [0.29, 0.717) is 35.9 Å². The molecule has 3 N–H and O–H groups in total. The van der Waals surface area contributed by atoms with E-state index in [9.17, 15) is 5.11 Å². The maximum atomic E-state index is 11.0. The molecule has 0 aromatic heterocycles. The molecular formula is C33H63NO3. The Morgan fingerprint density at radius 2 is 1.70 bits per heavy atom. The van der Waals surface area contributed by atoms with Crippen molar-refractivity contribution >= 4 is 0 Å². The zero-order chi connectivity index (χ0) is 27.8. The lowest BCUT2D eigenvalue weighted by molar-refractivity contribution is -0.158. The van der Waals surface area contributed by atoms with Gasteiger partial charge in [-0.2, -0.15) is 0 Å². The molecule has 2 aliphatic rings. The summed E-state index contributed by atoms with van der Waals surface area (Å²) in [6.45, 7) is 21.7. The van der Waals surface area contributed by atoms with Gasteiger partial charge in [-0.25, -0.2) is 0 Å². The summed E-state index contributed by atoms with van der Waals surface area (Å²) in [5.74, 6) is 2.57. The first-order valence-corrected chi connectivity index (χ1v) is 15.6. The fourth-order valence-electron chi connectivity index (χ4n) is 6.60. The van der Waals surface area contributed by atoms with E-state index in [1.54, 1.807) is 0 Å². The van der Waals surface area contributed by atoms with E-state index in [1.165, 1.54) is 50.5 Å². The fourth-order valence-corrected chi connectivity index (χ4v) is 6.60. The van der Waals surface area contributed by atoms with Crippen molar-refractivity contribution in [1.82, 2.24) is 0 Å². The zero-order valence-electron chi connectivity index (χ0n) is 26.0. The third-order valence-electron chi connectivity index (χ3n) is 9.76. The predicted octanol–water partition coefficient (Wildman–Crippen LogP) is 8.12. The molecule has 9 atom stereocenters. The van der Waals surface area contributed by atoms with E-state index in [4.69, 9.17) is 15.2 Å².